The van der Waals surface area contributed by atoms with Crippen LogP contribution in [0.5, 0.6) is 0 Å². The molecule has 2 rings (SSSR count). The van der Waals surface area contributed by atoms with E-state index in [1.807, 2.05) is 19.2 Å². The number of benzene rings is 1. The molecule has 1 aromatic carbocycles. The van der Waals surface area contributed by atoms with Crippen molar-refractivity contribution in [2.45, 2.75) is 50.0 Å². The molecule has 1 atom stereocenters. The average molecular weight is 295 g/mol. The fourth-order valence-corrected chi connectivity index (χ4v) is 4.37. The van der Waals surface area contributed by atoms with Crippen LogP contribution in [-0.2, 0) is 0 Å². The first-order valence-electron chi connectivity index (χ1n) is 7.79. The Morgan fingerprint density at radius 1 is 1.25 bits per heavy atom. The molecule has 0 spiro atoms. The highest BCUT2D eigenvalue weighted by molar-refractivity contribution is 7.99. The van der Waals surface area contributed by atoms with Crippen LogP contribution in [0.2, 0.25) is 0 Å². The summed E-state index contributed by atoms with van der Waals surface area (Å²) in [5.41, 5.74) is 0. The number of hydrogen-bond donors (Lipinski definition) is 1. The van der Waals surface area contributed by atoms with Gasteiger partial charge in [0, 0.05) is 16.7 Å². The van der Waals surface area contributed by atoms with Crippen LogP contribution >= 0.6 is 11.8 Å². The predicted octanol–water partition coefficient (Wildman–Crippen LogP) is 4.72. The second kappa shape index (κ2) is 8.04. The monoisotopic (exact) mass is 295 g/mol. The Bertz CT molecular complexity index is 402. The molecule has 1 unspecified atom stereocenters. The second-order valence-electron chi connectivity index (χ2n) is 5.83. The van der Waals surface area contributed by atoms with Crippen molar-refractivity contribution in [3.8, 4) is 0 Å². The van der Waals surface area contributed by atoms with Crippen molar-refractivity contribution in [2.75, 3.05) is 12.8 Å². The fourth-order valence-electron chi connectivity index (χ4n) is 3.20. The Labute approximate surface area is 126 Å². The summed E-state index contributed by atoms with van der Waals surface area (Å²) in [5, 5.41) is 3.45. The highest BCUT2D eigenvalue weighted by atomic mass is 32.2. The largest absolute Gasteiger partial charge is 0.316 e. The van der Waals surface area contributed by atoms with E-state index in [0.29, 0.717) is 6.04 Å². The van der Waals surface area contributed by atoms with Gasteiger partial charge in [-0.05, 0) is 43.9 Å². The third-order valence-corrected chi connectivity index (χ3v) is 5.83. The second-order valence-corrected chi connectivity index (χ2v) is 6.89. The van der Waals surface area contributed by atoms with Crippen molar-refractivity contribution >= 4 is 11.8 Å². The van der Waals surface area contributed by atoms with Gasteiger partial charge in [-0.15, -0.1) is 11.8 Å². The van der Waals surface area contributed by atoms with Crippen LogP contribution in [-0.4, -0.2) is 18.8 Å². The van der Waals surface area contributed by atoms with Crippen LogP contribution in [0, 0.1) is 17.7 Å². The van der Waals surface area contributed by atoms with Crippen LogP contribution in [0.4, 0.5) is 4.39 Å². The molecule has 1 nitrogen and oxygen atoms in total. The average Bonchev–Trinajstić information content (AvgIpc) is 2.50. The smallest absolute Gasteiger partial charge is 0.136 e. The van der Waals surface area contributed by atoms with Gasteiger partial charge in [-0.1, -0.05) is 38.3 Å². The predicted molar refractivity (Wildman–Crippen MR) is 85.7 cm³/mol. The number of nitrogens with one attached hydrogen (secondary N) is 1. The van der Waals surface area contributed by atoms with Crippen molar-refractivity contribution in [3.63, 3.8) is 0 Å². The van der Waals surface area contributed by atoms with Crippen LogP contribution in [0.25, 0.3) is 0 Å². The summed E-state index contributed by atoms with van der Waals surface area (Å²) in [6.45, 7) is 2.30. The molecule has 20 heavy (non-hydrogen) atoms. The van der Waals surface area contributed by atoms with Crippen LogP contribution in [0.15, 0.2) is 29.2 Å². The lowest BCUT2D eigenvalue weighted by Crippen LogP contribution is -2.37. The summed E-state index contributed by atoms with van der Waals surface area (Å²) in [7, 11) is 2.04. The molecule has 1 aromatic rings. The molecule has 1 saturated carbocycles. The first-order chi connectivity index (χ1) is 9.74. The van der Waals surface area contributed by atoms with Crippen LogP contribution in [0.3, 0.4) is 0 Å². The zero-order chi connectivity index (χ0) is 14.4. The van der Waals surface area contributed by atoms with E-state index in [-0.39, 0.29) is 5.82 Å². The number of hydrogen-bond acceptors (Lipinski definition) is 2. The van der Waals surface area contributed by atoms with Gasteiger partial charge < -0.3 is 5.32 Å². The number of rotatable bonds is 6. The minimum Gasteiger partial charge on any atom is -0.316 e. The third kappa shape index (κ3) is 4.23. The van der Waals surface area contributed by atoms with Gasteiger partial charge in [0.2, 0.25) is 0 Å². The summed E-state index contributed by atoms with van der Waals surface area (Å²) in [5.74, 6) is 2.55. The Balaban J connectivity index is 1.85. The zero-order valence-electron chi connectivity index (χ0n) is 12.6. The van der Waals surface area contributed by atoms with E-state index in [4.69, 9.17) is 0 Å². The Kier molecular flexibility index (Phi) is 6.37. The normalized spacial score (nSPS) is 24.6. The van der Waals surface area contributed by atoms with Crippen molar-refractivity contribution < 1.29 is 4.39 Å². The standard InChI is InChI=1S/C17H26FNS/c1-3-13-8-10-14(11-9-13)16(19-2)12-20-17-7-5-4-6-15(17)18/h4-7,13-14,16,19H,3,8-12H2,1-2H3. The first kappa shape index (κ1) is 15.8. The molecular formula is C17H26FNS. The minimum absolute atomic E-state index is 0.0953. The minimum atomic E-state index is -0.0953. The molecule has 1 aliphatic carbocycles. The van der Waals surface area contributed by atoms with Gasteiger partial charge in [0.05, 0.1) is 0 Å². The maximum atomic E-state index is 13.6. The van der Waals surface area contributed by atoms with E-state index in [2.05, 4.69) is 12.2 Å². The van der Waals surface area contributed by atoms with Gasteiger partial charge in [-0.3, -0.25) is 0 Å². The molecule has 0 radical (unpaired) electrons. The molecular weight excluding hydrogens is 269 g/mol. The van der Waals surface area contributed by atoms with Gasteiger partial charge in [0.15, 0.2) is 0 Å². The SMILES string of the molecule is CCC1CCC(C(CSc2ccccc2F)NC)CC1. The maximum Gasteiger partial charge on any atom is 0.136 e. The summed E-state index contributed by atoms with van der Waals surface area (Å²) >= 11 is 1.64. The quantitative estimate of drug-likeness (QED) is 0.762. The fraction of sp³-hybridized carbons (Fsp3) is 0.647. The van der Waals surface area contributed by atoms with Crippen LogP contribution < -0.4 is 5.32 Å². The van der Waals surface area contributed by atoms with Gasteiger partial charge in [0.1, 0.15) is 5.82 Å². The van der Waals surface area contributed by atoms with Crippen LogP contribution in [0.1, 0.15) is 39.0 Å². The summed E-state index contributed by atoms with van der Waals surface area (Å²) in [6.07, 6.45) is 6.69. The van der Waals surface area contributed by atoms with Crippen molar-refractivity contribution in [2.24, 2.45) is 11.8 Å². The summed E-state index contributed by atoms with van der Waals surface area (Å²) in [6, 6.07) is 7.58. The highest BCUT2D eigenvalue weighted by Gasteiger charge is 2.26. The first-order valence-corrected chi connectivity index (χ1v) is 8.77. The Morgan fingerprint density at radius 2 is 1.95 bits per heavy atom. The van der Waals surface area contributed by atoms with E-state index < -0.39 is 0 Å². The third-order valence-electron chi connectivity index (χ3n) is 4.66. The lowest BCUT2D eigenvalue weighted by atomic mass is 9.78. The molecule has 1 aliphatic rings. The van der Waals surface area contributed by atoms with E-state index in [0.717, 1.165) is 22.5 Å². The molecule has 0 aliphatic heterocycles. The summed E-state index contributed by atoms with van der Waals surface area (Å²) < 4.78 is 13.6. The Hall–Kier alpha value is -0.540. The lowest BCUT2D eigenvalue weighted by Gasteiger charge is -2.33. The number of halogens is 1. The van der Waals surface area contributed by atoms with Gasteiger partial charge in [-0.25, -0.2) is 4.39 Å². The lowest BCUT2D eigenvalue weighted by molar-refractivity contribution is 0.233. The van der Waals surface area contributed by atoms with E-state index >= 15 is 0 Å². The molecule has 0 saturated heterocycles. The molecule has 112 valence electrons. The topological polar surface area (TPSA) is 12.0 Å². The van der Waals surface area contributed by atoms with Crippen molar-refractivity contribution in [1.29, 1.82) is 0 Å². The molecule has 0 bridgehead atoms. The van der Waals surface area contributed by atoms with Gasteiger partial charge in [-0.2, -0.15) is 0 Å². The molecule has 0 amide bonds. The molecule has 1 fully saturated rings. The molecule has 0 aromatic heterocycles. The Morgan fingerprint density at radius 3 is 2.55 bits per heavy atom. The molecule has 0 heterocycles. The molecule has 1 N–H and O–H groups in total. The van der Waals surface area contributed by atoms with Crippen molar-refractivity contribution in [3.05, 3.63) is 30.1 Å². The van der Waals surface area contributed by atoms with E-state index in [9.17, 15) is 4.39 Å². The van der Waals surface area contributed by atoms with Gasteiger partial charge >= 0.3 is 0 Å². The number of thioether (sulfide) groups is 1. The maximum absolute atomic E-state index is 13.6. The summed E-state index contributed by atoms with van der Waals surface area (Å²) in [4.78, 5) is 0.773. The molecule has 3 heteroatoms. The zero-order valence-corrected chi connectivity index (χ0v) is 13.4. The van der Waals surface area contributed by atoms with E-state index in [1.54, 1.807) is 23.9 Å². The highest BCUT2D eigenvalue weighted by Crippen LogP contribution is 2.34. The van der Waals surface area contributed by atoms with Crippen molar-refractivity contribution in [1.82, 2.24) is 5.32 Å². The van der Waals surface area contributed by atoms with Gasteiger partial charge in [0.25, 0.3) is 0 Å². The van der Waals surface area contributed by atoms with E-state index in [1.165, 1.54) is 32.1 Å².